The number of carbonyl (C=O) groups is 1. The van der Waals surface area contributed by atoms with E-state index in [0.717, 1.165) is 66.0 Å². The van der Waals surface area contributed by atoms with Gasteiger partial charge < -0.3 is 23.7 Å². The molecule has 2 fully saturated rings. The Hall–Kier alpha value is -3.72. The molecule has 0 bridgehead atoms. The standard InChI is InChI=1S/C28H28FN3O5/c1-15-25(16(2)37-31-15)18-10-21-22(14-32(27(21)30-13-18)19-6-8-35-9-7-19)26-23(29)11-17(28(33)34)12-24(26)36-20-4-3-5-20/h10-14,19-20H,3-9H2,1-2H3,(H,33,34). The Kier molecular flexibility index (Phi) is 5.95. The van der Waals surface area contributed by atoms with E-state index in [1.54, 1.807) is 6.20 Å². The minimum Gasteiger partial charge on any atom is -0.490 e. The second-order valence-corrected chi connectivity index (χ2v) is 9.90. The van der Waals surface area contributed by atoms with Crippen LogP contribution in [0.5, 0.6) is 5.75 Å². The molecule has 1 aliphatic carbocycles. The Morgan fingerprint density at radius 3 is 2.57 bits per heavy atom. The van der Waals surface area contributed by atoms with Gasteiger partial charge in [0.1, 0.15) is 23.0 Å². The molecule has 6 rings (SSSR count). The van der Waals surface area contributed by atoms with Crippen LogP contribution in [0.15, 0.2) is 35.1 Å². The van der Waals surface area contributed by atoms with Crippen molar-refractivity contribution >= 4 is 17.0 Å². The molecule has 3 aromatic heterocycles. The molecule has 192 valence electrons. The number of aryl methyl sites for hydroxylation is 2. The molecular weight excluding hydrogens is 477 g/mol. The fourth-order valence-electron chi connectivity index (χ4n) is 5.33. The Balaban J connectivity index is 1.59. The molecule has 37 heavy (non-hydrogen) atoms. The molecule has 0 atom stereocenters. The maximum Gasteiger partial charge on any atom is 0.335 e. The van der Waals surface area contributed by atoms with E-state index in [2.05, 4.69) is 9.72 Å². The Morgan fingerprint density at radius 2 is 1.92 bits per heavy atom. The molecule has 0 radical (unpaired) electrons. The first-order valence-corrected chi connectivity index (χ1v) is 12.7. The summed E-state index contributed by atoms with van der Waals surface area (Å²) in [7, 11) is 0. The lowest BCUT2D eigenvalue weighted by atomic mass is 9.95. The van der Waals surface area contributed by atoms with E-state index in [1.807, 2.05) is 26.1 Å². The minimum atomic E-state index is -1.20. The van der Waals surface area contributed by atoms with Crippen molar-refractivity contribution in [2.75, 3.05) is 13.2 Å². The second kappa shape index (κ2) is 9.30. The van der Waals surface area contributed by atoms with Crippen molar-refractivity contribution in [2.24, 2.45) is 0 Å². The number of fused-ring (bicyclic) bond motifs is 1. The van der Waals surface area contributed by atoms with E-state index in [9.17, 15) is 9.90 Å². The van der Waals surface area contributed by atoms with Crippen LogP contribution in [-0.2, 0) is 4.74 Å². The largest absolute Gasteiger partial charge is 0.490 e. The molecule has 1 saturated carbocycles. The van der Waals surface area contributed by atoms with Crippen molar-refractivity contribution in [3.05, 3.63) is 53.4 Å². The van der Waals surface area contributed by atoms with Gasteiger partial charge in [0.05, 0.1) is 22.9 Å². The van der Waals surface area contributed by atoms with Crippen molar-refractivity contribution in [3.63, 3.8) is 0 Å². The van der Waals surface area contributed by atoms with Gasteiger partial charge >= 0.3 is 5.97 Å². The molecule has 1 aliphatic heterocycles. The van der Waals surface area contributed by atoms with E-state index < -0.39 is 11.8 Å². The maximum absolute atomic E-state index is 15.8. The molecule has 4 heterocycles. The number of pyridine rings is 1. The number of hydrogen-bond acceptors (Lipinski definition) is 6. The average molecular weight is 506 g/mol. The van der Waals surface area contributed by atoms with Crippen LogP contribution >= 0.6 is 0 Å². The highest BCUT2D eigenvalue weighted by molar-refractivity contribution is 5.99. The third-order valence-electron chi connectivity index (χ3n) is 7.49. The molecule has 4 aromatic rings. The quantitative estimate of drug-likeness (QED) is 0.338. The van der Waals surface area contributed by atoms with Crippen molar-refractivity contribution in [1.82, 2.24) is 14.7 Å². The first kappa shape index (κ1) is 23.7. The van der Waals surface area contributed by atoms with Crippen LogP contribution in [0.1, 0.15) is 60.0 Å². The van der Waals surface area contributed by atoms with Gasteiger partial charge in [-0.3, -0.25) is 0 Å². The molecule has 0 spiro atoms. The average Bonchev–Trinajstić information content (AvgIpc) is 3.40. The summed E-state index contributed by atoms with van der Waals surface area (Å²) in [4.78, 5) is 16.6. The number of aromatic carboxylic acids is 1. The minimum absolute atomic E-state index is 0.0537. The normalized spacial score (nSPS) is 16.7. The summed E-state index contributed by atoms with van der Waals surface area (Å²) < 4.78 is 35.0. The summed E-state index contributed by atoms with van der Waals surface area (Å²) in [5.74, 6) is -0.912. The predicted octanol–water partition coefficient (Wildman–Crippen LogP) is 6.10. The van der Waals surface area contributed by atoms with Crippen LogP contribution in [0.2, 0.25) is 0 Å². The second-order valence-electron chi connectivity index (χ2n) is 9.90. The van der Waals surface area contributed by atoms with Crippen molar-refractivity contribution in [3.8, 4) is 28.0 Å². The van der Waals surface area contributed by atoms with E-state index in [0.29, 0.717) is 24.5 Å². The highest BCUT2D eigenvalue weighted by Crippen LogP contribution is 2.43. The Bertz CT molecular complexity index is 1480. The summed E-state index contributed by atoms with van der Waals surface area (Å²) in [6, 6.07) is 4.63. The summed E-state index contributed by atoms with van der Waals surface area (Å²) in [6.07, 6.45) is 8.07. The van der Waals surface area contributed by atoms with Gasteiger partial charge in [-0.15, -0.1) is 0 Å². The number of carboxylic acid groups (broad SMARTS) is 1. The van der Waals surface area contributed by atoms with Gasteiger partial charge in [0.25, 0.3) is 0 Å². The van der Waals surface area contributed by atoms with Gasteiger partial charge in [-0.05, 0) is 64.2 Å². The van der Waals surface area contributed by atoms with E-state index in [1.165, 1.54) is 6.07 Å². The maximum atomic E-state index is 15.8. The molecule has 9 heteroatoms. The fraction of sp³-hybridized carbons (Fsp3) is 0.393. The summed E-state index contributed by atoms with van der Waals surface area (Å²) >= 11 is 0. The molecule has 8 nitrogen and oxygen atoms in total. The first-order valence-electron chi connectivity index (χ1n) is 12.7. The van der Waals surface area contributed by atoms with Crippen molar-refractivity contribution < 1.29 is 28.3 Å². The smallest absolute Gasteiger partial charge is 0.335 e. The highest BCUT2D eigenvalue weighted by atomic mass is 19.1. The van der Waals surface area contributed by atoms with Crippen LogP contribution in [-0.4, -0.2) is 45.1 Å². The third-order valence-corrected chi connectivity index (χ3v) is 7.49. The number of benzene rings is 1. The number of hydrogen-bond donors (Lipinski definition) is 1. The Labute approximate surface area is 213 Å². The molecule has 2 aliphatic rings. The Morgan fingerprint density at radius 1 is 1.14 bits per heavy atom. The summed E-state index contributed by atoms with van der Waals surface area (Å²) in [5, 5.41) is 14.4. The van der Waals surface area contributed by atoms with Crippen LogP contribution in [0.3, 0.4) is 0 Å². The van der Waals surface area contributed by atoms with Crippen LogP contribution in [0.25, 0.3) is 33.3 Å². The number of ether oxygens (including phenoxy) is 2. The van der Waals surface area contributed by atoms with E-state index >= 15 is 4.39 Å². The number of rotatable bonds is 6. The monoisotopic (exact) mass is 505 g/mol. The first-order chi connectivity index (χ1) is 17.9. The number of nitrogens with zero attached hydrogens (tertiary/aromatic N) is 3. The van der Waals surface area contributed by atoms with Crippen LogP contribution in [0, 0.1) is 19.7 Å². The van der Waals surface area contributed by atoms with Gasteiger partial charge in [-0.1, -0.05) is 5.16 Å². The zero-order valence-electron chi connectivity index (χ0n) is 20.8. The van der Waals surface area contributed by atoms with E-state index in [4.69, 9.17) is 19.0 Å². The lowest BCUT2D eigenvalue weighted by molar-refractivity contribution is 0.0693. The zero-order chi connectivity index (χ0) is 25.7. The van der Waals surface area contributed by atoms with Gasteiger partial charge in [-0.25, -0.2) is 14.2 Å². The number of halogens is 1. The van der Waals surface area contributed by atoms with Gasteiger partial charge in [0.2, 0.25) is 0 Å². The molecule has 0 unspecified atom stereocenters. The zero-order valence-corrected chi connectivity index (χ0v) is 20.8. The molecule has 1 aromatic carbocycles. The number of carboxylic acids is 1. The van der Waals surface area contributed by atoms with Crippen LogP contribution in [0.4, 0.5) is 4.39 Å². The molecule has 1 N–H and O–H groups in total. The van der Waals surface area contributed by atoms with Gasteiger partial charge in [0, 0.05) is 53.7 Å². The number of aromatic nitrogens is 3. The lowest BCUT2D eigenvalue weighted by Gasteiger charge is -2.28. The summed E-state index contributed by atoms with van der Waals surface area (Å²) in [6.45, 7) is 5.02. The third kappa shape index (κ3) is 4.17. The predicted molar refractivity (Wildman–Crippen MR) is 134 cm³/mol. The SMILES string of the molecule is Cc1noc(C)c1-c1cnc2c(c1)c(-c1c(F)cc(C(=O)O)cc1OC1CCC1)cn2C1CCOCC1. The molecular formula is C28H28FN3O5. The molecule has 1 saturated heterocycles. The van der Waals surface area contributed by atoms with Crippen LogP contribution < -0.4 is 4.74 Å². The van der Waals surface area contributed by atoms with Gasteiger partial charge in [0.15, 0.2) is 0 Å². The summed E-state index contributed by atoms with van der Waals surface area (Å²) in [5.41, 5.74) is 3.88. The fourth-order valence-corrected chi connectivity index (χ4v) is 5.33. The lowest BCUT2D eigenvalue weighted by Crippen LogP contribution is -2.25. The van der Waals surface area contributed by atoms with Crippen molar-refractivity contribution in [2.45, 2.75) is 58.1 Å². The molecule has 0 amide bonds. The highest BCUT2D eigenvalue weighted by Gasteiger charge is 2.28. The van der Waals surface area contributed by atoms with Gasteiger partial charge in [-0.2, -0.15) is 0 Å². The van der Waals surface area contributed by atoms with Crippen molar-refractivity contribution in [1.29, 1.82) is 0 Å². The topological polar surface area (TPSA) is 99.6 Å². The van der Waals surface area contributed by atoms with E-state index in [-0.39, 0.29) is 29.0 Å².